The van der Waals surface area contributed by atoms with E-state index in [-0.39, 0.29) is 31.2 Å². The van der Waals surface area contributed by atoms with E-state index >= 15 is 0 Å². The SMILES string of the molecule is Cl.Cl.NCc1ccc(CC(=O)O)cn1. The van der Waals surface area contributed by atoms with Gasteiger partial charge in [0.25, 0.3) is 0 Å². The average Bonchev–Trinajstić information content (AvgIpc) is 2.05. The third-order valence-electron chi connectivity index (χ3n) is 1.45. The fourth-order valence-electron chi connectivity index (χ4n) is 0.855. The van der Waals surface area contributed by atoms with Gasteiger partial charge in [-0.3, -0.25) is 9.78 Å². The third kappa shape index (κ3) is 5.01. The van der Waals surface area contributed by atoms with Crippen LogP contribution in [0.2, 0.25) is 0 Å². The molecule has 0 amide bonds. The van der Waals surface area contributed by atoms with E-state index < -0.39 is 5.97 Å². The predicted octanol–water partition coefficient (Wildman–Crippen LogP) is 1.01. The number of rotatable bonds is 3. The van der Waals surface area contributed by atoms with E-state index in [1.807, 2.05) is 0 Å². The summed E-state index contributed by atoms with van der Waals surface area (Å²) in [5.74, 6) is -0.850. The van der Waals surface area contributed by atoms with Gasteiger partial charge in [-0.25, -0.2) is 0 Å². The number of pyridine rings is 1. The van der Waals surface area contributed by atoms with E-state index in [0.717, 1.165) is 5.69 Å². The van der Waals surface area contributed by atoms with Gasteiger partial charge in [0.2, 0.25) is 0 Å². The summed E-state index contributed by atoms with van der Waals surface area (Å²) in [6, 6.07) is 3.46. The second kappa shape index (κ2) is 7.55. The van der Waals surface area contributed by atoms with Crippen LogP contribution in [0, 0.1) is 0 Å². The zero-order valence-corrected chi connectivity index (χ0v) is 8.98. The molecule has 0 fully saturated rings. The van der Waals surface area contributed by atoms with E-state index in [4.69, 9.17) is 10.8 Å². The normalized spacial score (nSPS) is 8.36. The zero-order chi connectivity index (χ0) is 8.97. The molecule has 0 aliphatic heterocycles. The Morgan fingerprint density at radius 2 is 2.07 bits per heavy atom. The van der Waals surface area contributed by atoms with Crippen molar-refractivity contribution in [3.8, 4) is 0 Å². The summed E-state index contributed by atoms with van der Waals surface area (Å²) in [4.78, 5) is 14.2. The number of halogens is 2. The first-order chi connectivity index (χ1) is 5.72. The zero-order valence-electron chi connectivity index (χ0n) is 7.34. The van der Waals surface area contributed by atoms with Crippen LogP contribution in [-0.2, 0) is 17.8 Å². The average molecular weight is 239 g/mol. The Labute approximate surface area is 94.3 Å². The van der Waals surface area contributed by atoms with Crippen LogP contribution in [-0.4, -0.2) is 16.1 Å². The van der Waals surface area contributed by atoms with Gasteiger partial charge >= 0.3 is 5.97 Å². The summed E-state index contributed by atoms with van der Waals surface area (Å²) in [6.07, 6.45) is 1.55. The molecule has 0 atom stereocenters. The highest BCUT2D eigenvalue weighted by molar-refractivity contribution is 5.85. The van der Waals surface area contributed by atoms with Gasteiger partial charge in [0.1, 0.15) is 0 Å². The lowest BCUT2D eigenvalue weighted by atomic mass is 10.2. The van der Waals surface area contributed by atoms with Crippen molar-refractivity contribution in [3.05, 3.63) is 29.6 Å². The molecule has 0 spiro atoms. The molecule has 0 saturated heterocycles. The first kappa shape index (κ1) is 15.6. The van der Waals surface area contributed by atoms with Crippen molar-refractivity contribution in [3.63, 3.8) is 0 Å². The van der Waals surface area contributed by atoms with E-state index in [1.54, 1.807) is 12.1 Å². The number of carboxylic acids is 1. The Kier molecular flexibility index (Phi) is 8.43. The molecule has 80 valence electrons. The van der Waals surface area contributed by atoms with Crippen molar-refractivity contribution in [1.82, 2.24) is 4.98 Å². The van der Waals surface area contributed by atoms with Gasteiger partial charge in [-0.2, -0.15) is 0 Å². The standard InChI is InChI=1S/C8H10N2O2.2ClH/c9-4-7-2-1-6(5-10-7)3-8(11)12;;/h1-2,5H,3-4,9H2,(H,11,12);2*1H. The lowest BCUT2D eigenvalue weighted by Crippen LogP contribution is -2.03. The minimum atomic E-state index is -0.850. The molecule has 1 heterocycles. The molecule has 4 nitrogen and oxygen atoms in total. The van der Waals surface area contributed by atoms with E-state index in [2.05, 4.69) is 4.98 Å². The fraction of sp³-hybridized carbons (Fsp3) is 0.250. The molecule has 0 aromatic carbocycles. The van der Waals surface area contributed by atoms with Crippen molar-refractivity contribution < 1.29 is 9.90 Å². The number of aromatic nitrogens is 1. The molecule has 0 bridgehead atoms. The van der Waals surface area contributed by atoms with Crippen LogP contribution in [0.1, 0.15) is 11.3 Å². The van der Waals surface area contributed by atoms with Crippen LogP contribution >= 0.6 is 24.8 Å². The molecule has 0 unspecified atom stereocenters. The van der Waals surface area contributed by atoms with Crippen molar-refractivity contribution in [2.45, 2.75) is 13.0 Å². The highest BCUT2D eigenvalue weighted by Crippen LogP contribution is 2.00. The van der Waals surface area contributed by atoms with E-state index in [1.165, 1.54) is 6.20 Å². The first-order valence-electron chi connectivity index (χ1n) is 3.58. The molecular formula is C8H12Cl2N2O2. The molecule has 1 aromatic rings. The monoisotopic (exact) mass is 238 g/mol. The molecule has 1 rings (SSSR count). The Hall–Kier alpha value is -0.840. The van der Waals surface area contributed by atoms with Crippen molar-refractivity contribution in [2.24, 2.45) is 5.73 Å². The summed E-state index contributed by atoms with van der Waals surface area (Å²) in [5, 5.41) is 8.44. The van der Waals surface area contributed by atoms with Crippen molar-refractivity contribution in [2.75, 3.05) is 0 Å². The fourth-order valence-corrected chi connectivity index (χ4v) is 0.855. The van der Waals surface area contributed by atoms with Gasteiger partial charge in [0, 0.05) is 12.7 Å². The number of nitrogens with zero attached hydrogens (tertiary/aromatic N) is 1. The van der Waals surface area contributed by atoms with Gasteiger partial charge in [0.05, 0.1) is 12.1 Å². The molecule has 0 saturated carbocycles. The third-order valence-corrected chi connectivity index (χ3v) is 1.45. The van der Waals surface area contributed by atoms with Crippen LogP contribution < -0.4 is 5.73 Å². The maximum Gasteiger partial charge on any atom is 0.307 e. The topological polar surface area (TPSA) is 76.2 Å². The number of hydrogen-bond acceptors (Lipinski definition) is 3. The van der Waals surface area contributed by atoms with E-state index in [0.29, 0.717) is 12.1 Å². The number of aliphatic carboxylic acids is 1. The minimum absolute atomic E-state index is 0. The highest BCUT2D eigenvalue weighted by Gasteiger charge is 1.99. The summed E-state index contributed by atoms with van der Waals surface area (Å²) in [5.41, 5.74) is 6.78. The molecular weight excluding hydrogens is 227 g/mol. The van der Waals surface area contributed by atoms with Gasteiger partial charge in [-0.1, -0.05) is 6.07 Å². The molecule has 1 aromatic heterocycles. The number of hydrogen-bond donors (Lipinski definition) is 2. The minimum Gasteiger partial charge on any atom is -0.481 e. The second-order valence-electron chi connectivity index (χ2n) is 2.43. The maximum atomic E-state index is 10.3. The van der Waals surface area contributed by atoms with Crippen LogP contribution in [0.3, 0.4) is 0 Å². The van der Waals surface area contributed by atoms with Gasteiger partial charge in [-0.15, -0.1) is 24.8 Å². The Morgan fingerprint density at radius 1 is 1.43 bits per heavy atom. The maximum absolute atomic E-state index is 10.3. The second-order valence-corrected chi connectivity index (χ2v) is 2.43. The lowest BCUT2D eigenvalue weighted by Gasteiger charge is -1.97. The summed E-state index contributed by atoms with van der Waals surface area (Å²) >= 11 is 0. The summed E-state index contributed by atoms with van der Waals surface area (Å²) in [7, 11) is 0. The van der Waals surface area contributed by atoms with Gasteiger partial charge in [-0.05, 0) is 11.6 Å². The highest BCUT2D eigenvalue weighted by atomic mass is 35.5. The largest absolute Gasteiger partial charge is 0.481 e. The molecule has 14 heavy (non-hydrogen) atoms. The Bertz CT molecular complexity index is 277. The van der Waals surface area contributed by atoms with Crippen LogP contribution in [0.5, 0.6) is 0 Å². The first-order valence-corrected chi connectivity index (χ1v) is 3.58. The number of carbonyl (C=O) groups is 1. The summed E-state index contributed by atoms with van der Waals surface area (Å²) < 4.78 is 0. The molecule has 6 heteroatoms. The van der Waals surface area contributed by atoms with Crippen molar-refractivity contribution in [1.29, 1.82) is 0 Å². The molecule has 3 N–H and O–H groups in total. The van der Waals surface area contributed by atoms with Crippen LogP contribution in [0.15, 0.2) is 18.3 Å². The molecule has 0 radical (unpaired) electrons. The Morgan fingerprint density at radius 3 is 2.43 bits per heavy atom. The quantitative estimate of drug-likeness (QED) is 0.825. The lowest BCUT2D eigenvalue weighted by molar-refractivity contribution is -0.136. The van der Waals surface area contributed by atoms with Crippen LogP contribution in [0.4, 0.5) is 0 Å². The van der Waals surface area contributed by atoms with Crippen LogP contribution in [0.25, 0.3) is 0 Å². The molecule has 0 aliphatic carbocycles. The number of carboxylic acid groups (broad SMARTS) is 1. The number of nitrogens with two attached hydrogens (primary N) is 1. The summed E-state index contributed by atoms with van der Waals surface area (Å²) in [6.45, 7) is 0.382. The van der Waals surface area contributed by atoms with Gasteiger partial charge < -0.3 is 10.8 Å². The molecule has 0 aliphatic rings. The van der Waals surface area contributed by atoms with Crippen molar-refractivity contribution >= 4 is 30.8 Å². The van der Waals surface area contributed by atoms with Gasteiger partial charge in [0.15, 0.2) is 0 Å². The Balaban J connectivity index is 0. The smallest absolute Gasteiger partial charge is 0.307 e. The van der Waals surface area contributed by atoms with E-state index in [9.17, 15) is 4.79 Å². The predicted molar refractivity (Wildman–Crippen MR) is 58.0 cm³/mol.